The Labute approximate surface area is 107 Å². The second kappa shape index (κ2) is 6.86. The quantitative estimate of drug-likeness (QED) is 0.663. The topological polar surface area (TPSA) is 84.6 Å². The minimum absolute atomic E-state index is 0.215. The lowest BCUT2D eigenvalue weighted by molar-refractivity contribution is 0.0924. The molecule has 5 heteroatoms. The highest BCUT2D eigenvalue weighted by Gasteiger charge is 2.09. The molecule has 0 aliphatic rings. The maximum Gasteiger partial charge on any atom is 0.251 e. The molecule has 0 aliphatic carbocycles. The molecule has 4 N–H and O–H groups in total. The zero-order chi connectivity index (χ0) is 13.5. The third-order valence-electron chi connectivity index (χ3n) is 2.29. The fourth-order valence-corrected chi connectivity index (χ4v) is 1.38. The third kappa shape index (κ3) is 4.25. The van der Waals surface area contributed by atoms with Crippen molar-refractivity contribution in [2.45, 2.75) is 26.4 Å². The number of carbonyl (C=O) groups is 1. The molecule has 1 unspecified atom stereocenters. The molecule has 0 bridgehead atoms. The van der Waals surface area contributed by atoms with Crippen LogP contribution in [0.3, 0.4) is 0 Å². The van der Waals surface area contributed by atoms with Gasteiger partial charge in [0.15, 0.2) is 0 Å². The Morgan fingerprint density at radius 2 is 2.28 bits per heavy atom. The number of hydrogen-bond acceptors (Lipinski definition) is 4. The first kappa shape index (κ1) is 14.3. The van der Waals surface area contributed by atoms with Crippen LogP contribution in [0.5, 0.6) is 5.75 Å². The van der Waals surface area contributed by atoms with Gasteiger partial charge in [0.2, 0.25) is 0 Å². The van der Waals surface area contributed by atoms with Gasteiger partial charge in [-0.25, -0.2) is 0 Å². The average molecular weight is 252 g/mol. The van der Waals surface area contributed by atoms with Gasteiger partial charge in [-0.05, 0) is 31.5 Å². The van der Waals surface area contributed by atoms with Crippen LogP contribution in [0, 0.1) is 0 Å². The van der Waals surface area contributed by atoms with Crippen LogP contribution in [0.2, 0.25) is 0 Å². The van der Waals surface area contributed by atoms with Gasteiger partial charge >= 0.3 is 0 Å². The van der Waals surface area contributed by atoms with Gasteiger partial charge in [0.25, 0.3) is 5.91 Å². The van der Waals surface area contributed by atoms with Crippen molar-refractivity contribution < 1.29 is 14.6 Å². The lowest BCUT2D eigenvalue weighted by Gasteiger charge is -2.10. The van der Waals surface area contributed by atoms with E-state index >= 15 is 0 Å². The Kier molecular flexibility index (Phi) is 5.45. The van der Waals surface area contributed by atoms with E-state index in [1.807, 2.05) is 6.92 Å². The van der Waals surface area contributed by atoms with Crippen LogP contribution in [0.25, 0.3) is 0 Å². The molecule has 1 atom stereocenters. The van der Waals surface area contributed by atoms with E-state index in [2.05, 4.69) is 5.32 Å². The summed E-state index contributed by atoms with van der Waals surface area (Å²) in [6.45, 7) is 4.43. The average Bonchev–Trinajstić information content (AvgIpc) is 2.34. The van der Waals surface area contributed by atoms with Crippen molar-refractivity contribution in [2.75, 3.05) is 18.9 Å². The lowest BCUT2D eigenvalue weighted by atomic mass is 10.1. The summed E-state index contributed by atoms with van der Waals surface area (Å²) in [6, 6.07) is 4.91. The van der Waals surface area contributed by atoms with Crippen LogP contribution in [-0.2, 0) is 0 Å². The number of rotatable bonds is 6. The Morgan fingerprint density at radius 3 is 2.83 bits per heavy atom. The number of aliphatic hydroxyl groups excluding tert-OH is 1. The van der Waals surface area contributed by atoms with E-state index in [4.69, 9.17) is 15.6 Å². The van der Waals surface area contributed by atoms with Crippen LogP contribution in [-0.4, -0.2) is 30.3 Å². The van der Waals surface area contributed by atoms with Gasteiger partial charge in [0.05, 0.1) is 18.4 Å². The maximum absolute atomic E-state index is 11.7. The summed E-state index contributed by atoms with van der Waals surface area (Å²) in [4.78, 5) is 11.7. The molecule has 0 heterocycles. The van der Waals surface area contributed by atoms with E-state index < -0.39 is 6.10 Å². The van der Waals surface area contributed by atoms with E-state index in [-0.39, 0.29) is 12.5 Å². The first-order valence-corrected chi connectivity index (χ1v) is 6.03. The Bertz CT molecular complexity index is 405. The van der Waals surface area contributed by atoms with Gasteiger partial charge < -0.3 is 20.9 Å². The largest absolute Gasteiger partial charge is 0.491 e. The van der Waals surface area contributed by atoms with Gasteiger partial charge in [0.1, 0.15) is 5.75 Å². The molecule has 0 saturated heterocycles. The smallest absolute Gasteiger partial charge is 0.251 e. The van der Waals surface area contributed by atoms with Crippen molar-refractivity contribution in [3.05, 3.63) is 23.8 Å². The molecule has 1 amide bonds. The number of nitrogens with two attached hydrogens (primary N) is 1. The molecule has 0 spiro atoms. The van der Waals surface area contributed by atoms with Crippen LogP contribution in [0.1, 0.15) is 30.6 Å². The second-order valence-electron chi connectivity index (χ2n) is 4.16. The number of benzene rings is 1. The first-order chi connectivity index (χ1) is 8.54. The van der Waals surface area contributed by atoms with Crippen molar-refractivity contribution in [3.8, 4) is 5.75 Å². The second-order valence-corrected chi connectivity index (χ2v) is 4.16. The van der Waals surface area contributed by atoms with E-state index in [1.165, 1.54) is 0 Å². The Balaban J connectivity index is 2.68. The standard InChI is InChI=1S/C13H20N2O3/c1-3-6-18-12-5-4-10(7-11(12)14)13(17)15-8-9(2)16/h4-5,7,9,16H,3,6,8,14H2,1-2H3,(H,15,17). The molecular weight excluding hydrogens is 232 g/mol. The van der Waals surface area contributed by atoms with Crippen molar-refractivity contribution in [3.63, 3.8) is 0 Å². The first-order valence-electron chi connectivity index (χ1n) is 6.03. The van der Waals surface area contributed by atoms with Crippen molar-refractivity contribution >= 4 is 11.6 Å². The third-order valence-corrected chi connectivity index (χ3v) is 2.29. The summed E-state index contributed by atoms with van der Waals surface area (Å²) in [6.07, 6.45) is 0.328. The molecule has 18 heavy (non-hydrogen) atoms. The number of anilines is 1. The van der Waals surface area contributed by atoms with Gasteiger partial charge in [0, 0.05) is 12.1 Å². The van der Waals surface area contributed by atoms with Crippen LogP contribution in [0.4, 0.5) is 5.69 Å². The Morgan fingerprint density at radius 1 is 1.56 bits per heavy atom. The fraction of sp³-hybridized carbons (Fsp3) is 0.462. The normalized spacial score (nSPS) is 11.9. The number of amides is 1. The highest BCUT2D eigenvalue weighted by atomic mass is 16.5. The van der Waals surface area contributed by atoms with Crippen molar-refractivity contribution in [1.29, 1.82) is 0 Å². The van der Waals surface area contributed by atoms with Gasteiger partial charge in [-0.1, -0.05) is 6.92 Å². The highest BCUT2D eigenvalue weighted by Crippen LogP contribution is 2.22. The van der Waals surface area contributed by atoms with E-state index in [0.29, 0.717) is 23.6 Å². The summed E-state index contributed by atoms with van der Waals surface area (Å²) in [7, 11) is 0. The lowest BCUT2D eigenvalue weighted by Crippen LogP contribution is -2.30. The fourth-order valence-electron chi connectivity index (χ4n) is 1.38. The van der Waals surface area contributed by atoms with Crippen LogP contribution in [0.15, 0.2) is 18.2 Å². The van der Waals surface area contributed by atoms with Gasteiger partial charge in [-0.2, -0.15) is 0 Å². The predicted octanol–water partition coefficient (Wildman–Crippen LogP) is 1.17. The SMILES string of the molecule is CCCOc1ccc(C(=O)NCC(C)O)cc1N. The van der Waals surface area contributed by atoms with Gasteiger partial charge in [-0.3, -0.25) is 4.79 Å². The number of hydrogen-bond donors (Lipinski definition) is 3. The monoisotopic (exact) mass is 252 g/mol. The molecule has 1 aromatic carbocycles. The molecule has 0 saturated carbocycles. The minimum atomic E-state index is -0.571. The predicted molar refractivity (Wildman–Crippen MR) is 70.7 cm³/mol. The molecule has 100 valence electrons. The number of nitrogen functional groups attached to an aromatic ring is 1. The summed E-state index contributed by atoms with van der Waals surface area (Å²) in [5.74, 6) is 0.327. The minimum Gasteiger partial charge on any atom is -0.491 e. The molecule has 1 aromatic rings. The summed E-state index contributed by atoms with van der Waals surface area (Å²) >= 11 is 0. The molecule has 0 radical (unpaired) electrons. The maximum atomic E-state index is 11.7. The van der Waals surface area contributed by atoms with E-state index in [9.17, 15) is 4.79 Å². The molecule has 0 aliphatic heterocycles. The zero-order valence-electron chi connectivity index (χ0n) is 10.8. The zero-order valence-corrected chi connectivity index (χ0v) is 10.8. The number of aliphatic hydroxyl groups is 1. The van der Waals surface area contributed by atoms with Crippen LogP contribution >= 0.6 is 0 Å². The summed E-state index contributed by atoms with van der Waals surface area (Å²) < 4.78 is 5.42. The van der Waals surface area contributed by atoms with Gasteiger partial charge in [-0.15, -0.1) is 0 Å². The van der Waals surface area contributed by atoms with E-state index in [0.717, 1.165) is 6.42 Å². The highest BCUT2D eigenvalue weighted by molar-refractivity contribution is 5.95. The summed E-state index contributed by atoms with van der Waals surface area (Å²) in [5, 5.41) is 11.7. The molecule has 1 rings (SSSR count). The van der Waals surface area contributed by atoms with Crippen molar-refractivity contribution in [1.82, 2.24) is 5.32 Å². The molecular formula is C13H20N2O3. The molecule has 0 fully saturated rings. The number of nitrogens with one attached hydrogen (secondary N) is 1. The number of carbonyl (C=O) groups excluding carboxylic acids is 1. The van der Waals surface area contributed by atoms with E-state index in [1.54, 1.807) is 25.1 Å². The molecule has 0 aromatic heterocycles. The molecule has 5 nitrogen and oxygen atoms in total. The van der Waals surface area contributed by atoms with Crippen molar-refractivity contribution in [2.24, 2.45) is 0 Å². The number of ether oxygens (including phenoxy) is 1. The van der Waals surface area contributed by atoms with Crippen LogP contribution < -0.4 is 15.8 Å². The Hall–Kier alpha value is -1.75. The summed E-state index contributed by atoms with van der Waals surface area (Å²) in [5.41, 5.74) is 6.70.